The first-order valence-electron chi connectivity index (χ1n) is 5.92. The second kappa shape index (κ2) is 5.63. The number of aliphatic hydroxyl groups is 1. The zero-order valence-electron chi connectivity index (χ0n) is 10.3. The quantitative estimate of drug-likeness (QED) is 0.653. The molecular weight excluding hydrogens is 245 g/mol. The van der Waals surface area contributed by atoms with Crippen molar-refractivity contribution in [2.24, 2.45) is 0 Å². The van der Waals surface area contributed by atoms with Crippen LogP contribution < -0.4 is 5.73 Å². The van der Waals surface area contributed by atoms with Crippen LogP contribution in [-0.2, 0) is 6.42 Å². The lowest BCUT2D eigenvalue weighted by molar-refractivity contribution is 0.103. The average Bonchev–Trinajstić information content (AvgIpc) is 2.41. The maximum absolute atomic E-state index is 12.8. The van der Waals surface area contributed by atoms with E-state index in [0.717, 1.165) is 5.56 Å². The van der Waals surface area contributed by atoms with Crippen LogP contribution in [0.3, 0.4) is 0 Å². The Balaban J connectivity index is 2.38. The molecule has 0 unspecified atom stereocenters. The van der Waals surface area contributed by atoms with E-state index in [0.29, 0.717) is 23.2 Å². The number of nitrogens with two attached hydrogens (primary N) is 1. The second-order valence-electron chi connectivity index (χ2n) is 4.19. The first kappa shape index (κ1) is 13.2. The van der Waals surface area contributed by atoms with Gasteiger partial charge in [-0.1, -0.05) is 12.1 Å². The SMILES string of the molecule is Nc1c(CCO)cccc1C(=O)c1ccc(F)cc1. The van der Waals surface area contributed by atoms with Crippen LogP contribution in [0.5, 0.6) is 0 Å². The highest BCUT2D eigenvalue weighted by molar-refractivity contribution is 6.12. The molecule has 4 heteroatoms. The lowest BCUT2D eigenvalue weighted by Crippen LogP contribution is -2.08. The van der Waals surface area contributed by atoms with Gasteiger partial charge in [0.25, 0.3) is 0 Å². The molecule has 0 radical (unpaired) electrons. The molecule has 19 heavy (non-hydrogen) atoms. The number of halogens is 1. The summed E-state index contributed by atoms with van der Waals surface area (Å²) >= 11 is 0. The van der Waals surface area contributed by atoms with E-state index in [9.17, 15) is 9.18 Å². The standard InChI is InChI=1S/C15H14FNO2/c16-12-6-4-11(5-7-12)15(19)13-3-1-2-10(8-9-18)14(13)17/h1-7,18H,8-9,17H2. The summed E-state index contributed by atoms with van der Waals surface area (Å²) in [6.45, 7) is -0.0294. The minimum Gasteiger partial charge on any atom is -0.398 e. The lowest BCUT2D eigenvalue weighted by Gasteiger charge is -2.09. The van der Waals surface area contributed by atoms with E-state index >= 15 is 0 Å². The van der Waals surface area contributed by atoms with Crippen molar-refractivity contribution < 1.29 is 14.3 Å². The highest BCUT2D eigenvalue weighted by Gasteiger charge is 2.14. The van der Waals surface area contributed by atoms with Crippen LogP contribution in [0.15, 0.2) is 42.5 Å². The summed E-state index contributed by atoms with van der Waals surface area (Å²) in [7, 11) is 0. The Morgan fingerprint density at radius 2 is 1.84 bits per heavy atom. The van der Waals surface area contributed by atoms with Gasteiger partial charge in [-0.2, -0.15) is 0 Å². The van der Waals surface area contributed by atoms with Crippen molar-refractivity contribution in [1.29, 1.82) is 0 Å². The molecule has 0 spiro atoms. The highest BCUT2D eigenvalue weighted by Crippen LogP contribution is 2.21. The summed E-state index contributed by atoms with van der Waals surface area (Å²) in [6, 6.07) is 10.4. The molecule has 0 aliphatic carbocycles. The molecule has 0 atom stereocenters. The number of hydrogen-bond donors (Lipinski definition) is 2. The van der Waals surface area contributed by atoms with Crippen molar-refractivity contribution in [2.75, 3.05) is 12.3 Å². The fourth-order valence-electron chi connectivity index (χ4n) is 1.91. The van der Waals surface area contributed by atoms with Crippen LogP contribution >= 0.6 is 0 Å². The Hall–Kier alpha value is -2.20. The van der Waals surface area contributed by atoms with E-state index in [-0.39, 0.29) is 12.4 Å². The van der Waals surface area contributed by atoms with Gasteiger partial charge in [-0.25, -0.2) is 4.39 Å². The third-order valence-corrected chi connectivity index (χ3v) is 2.93. The summed E-state index contributed by atoms with van der Waals surface area (Å²) in [5.74, 6) is -0.643. The maximum atomic E-state index is 12.8. The van der Waals surface area contributed by atoms with Crippen LogP contribution in [0.1, 0.15) is 21.5 Å². The third kappa shape index (κ3) is 2.80. The first-order chi connectivity index (χ1) is 9.13. The Morgan fingerprint density at radius 1 is 1.16 bits per heavy atom. The summed E-state index contributed by atoms with van der Waals surface area (Å²) in [6.07, 6.45) is 0.399. The summed E-state index contributed by atoms with van der Waals surface area (Å²) < 4.78 is 12.8. The number of carbonyl (C=O) groups excluding carboxylic acids is 1. The van der Waals surface area contributed by atoms with Gasteiger partial charge in [-0.15, -0.1) is 0 Å². The molecule has 2 aromatic rings. The van der Waals surface area contributed by atoms with Crippen molar-refractivity contribution in [3.8, 4) is 0 Å². The predicted octanol–water partition coefficient (Wildman–Crippen LogP) is 2.17. The summed E-state index contributed by atoms with van der Waals surface area (Å²) in [5.41, 5.74) is 7.79. The Labute approximate surface area is 110 Å². The highest BCUT2D eigenvalue weighted by atomic mass is 19.1. The van der Waals surface area contributed by atoms with Crippen molar-refractivity contribution in [3.05, 3.63) is 65.0 Å². The van der Waals surface area contributed by atoms with E-state index in [1.165, 1.54) is 24.3 Å². The monoisotopic (exact) mass is 259 g/mol. The molecule has 0 amide bonds. The molecule has 0 heterocycles. The van der Waals surface area contributed by atoms with Crippen molar-refractivity contribution >= 4 is 11.5 Å². The summed E-state index contributed by atoms with van der Waals surface area (Å²) in [5, 5.41) is 8.94. The van der Waals surface area contributed by atoms with Crippen molar-refractivity contribution in [1.82, 2.24) is 0 Å². The van der Waals surface area contributed by atoms with Gasteiger partial charge >= 0.3 is 0 Å². The van der Waals surface area contributed by atoms with Crippen LogP contribution in [-0.4, -0.2) is 17.5 Å². The lowest BCUT2D eigenvalue weighted by atomic mass is 9.98. The molecule has 3 N–H and O–H groups in total. The van der Waals surface area contributed by atoms with Crippen LogP contribution in [0, 0.1) is 5.82 Å². The molecule has 98 valence electrons. The van der Waals surface area contributed by atoms with Gasteiger partial charge < -0.3 is 10.8 Å². The number of para-hydroxylation sites is 1. The smallest absolute Gasteiger partial charge is 0.195 e. The Morgan fingerprint density at radius 3 is 2.47 bits per heavy atom. The van der Waals surface area contributed by atoms with Gasteiger partial charge in [0.2, 0.25) is 0 Å². The van der Waals surface area contributed by atoms with Gasteiger partial charge in [-0.05, 0) is 42.3 Å². The van der Waals surface area contributed by atoms with Crippen molar-refractivity contribution in [3.63, 3.8) is 0 Å². The molecule has 0 aliphatic rings. The Bertz CT molecular complexity index is 594. The number of nitrogen functional groups attached to an aromatic ring is 1. The number of rotatable bonds is 4. The van der Waals surface area contributed by atoms with Crippen LogP contribution in [0.2, 0.25) is 0 Å². The van der Waals surface area contributed by atoms with Gasteiger partial charge in [0.1, 0.15) is 5.82 Å². The topological polar surface area (TPSA) is 63.3 Å². The minimum atomic E-state index is -0.390. The number of carbonyl (C=O) groups is 1. The van der Waals surface area contributed by atoms with Gasteiger partial charge in [0, 0.05) is 23.4 Å². The molecule has 2 rings (SSSR count). The molecule has 0 aliphatic heterocycles. The molecule has 0 saturated carbocycles. The zero-order chi connectivity index (χ0) is 13.8. The van der Waals surface area contributed by atoms with Crippen LogP contribution in [0.4, 0.5) is 10.1 Å². The average molecular weight is 259 g/mol. The number of ketones is 1. The van der Waals surface area contributed by atoms with E-state index in [4.69, 9.17) is 10.8 Å². The van der Waals surface area contributed by atoms with Gasteiger partial charge in [0.05, 0.1) is 0 Å². The van der Waals surface area contributed by atoms with Crippen LogP contribution in [0.25, 0.3) is 0 Å². The fraction of sp³-hybridized carbons (Fsp3) is 0.133. The molecule has 0 bridgehead atoms. The van der Waals surface area contributed by atoms with E-state index in [2.05, 4.69) is 0 Å². The van der Waals surface area contributed by atoms with Gasteiger partial charge in [-0.3, -0.25) is 4.79 Å². The molecule has 2 aromatic carbocycles. The first-order valence-corrected chi connectivity index (χ1v) is 5.92. The molecule has 0 fully saturated rings. The number of aliphatic hydroxyl groups excluding tert-OH is 1. The fourth-order valence-corrected chi connectivity index (χ4v) is 1.91. The Kier molecular flexibility index (Phi) is 3.92. The second-order valence-corrected chi connectivity index (χ2v) is 4.19. The number of anilines is 1. The molecule has 0 aromatic heterocycles. The van der Waals surface area contributed by atoms with E-state index < -0.39 is 5.82 Å². The van der Waals surface area contributed by atoms with E-state index in [1.807, 2.05) is 0 Å². The molecular formula is C15H14FNO2. The third-order valence-electron chi connectivity index (χ3n) is 2.93. The minimum absolute atomic E-state index is 0.0294. The maximum Gasteiger partial charge on any atom is 0.195 e. The zero-order valence-corrected chi connectivity index (χ0v) is 10.3. The number of hydrogen-bond acceptors (Lipinski definition) is 3. The molecule has 3 nitrogen and oxygen atoms in total. The van der Waals surface area contributed by atoms with E-state index in [1.54, 1.807) is 18.2 Å². The number of benzene rings is 2. The van der Waals surface area contributed by atoms with Crippen molar-refractivity contribution in [2.45, 2.75) is 6.42 Å². The molecule has 0 saturated heterocycles. The summed E-state index contributed by atoms with van der Waals surface area (Å²) in [4.78, 5) is 12.3. The van der Waals surface area contributed by atoms with Gasteiger partial charge in [0.15, 0.2) is 5.78 Å². The largest absolute Gasteiger partial charge is 0.398 e. The normalized spacial score (nSPS) is 10.4. The predicted molar refractivity (Wildman–Crippen MR) is 71.5 cm³/mol.